The van der Waals surface area contributed by atoms with Crippen LogP contribution in [0.4, 0.5) is 0 Å². The largest absolute Gasteiger partial charge is 0.494 e. The molecule has 0 fully saturated rings. The van der Waals surface area contributed by atoms with Crippen LogP contribution in [0.1, 0.15) is 5.56 Å². The van der Waals surface area contributed by atoms with Gasteiger partial charge >= 0.3 is 0 Å². The number of nitriles is 1. The molecule has 0 amide bonds. The molecule has 0 aliphatic carbocycles. The average Bonchev–Trinajstić information content (AvgIpc) is 2.04. The van der Waals surface area contributed by atoms with Crippen LogP contribution in [0.5, 0.6) is 5.75 Å². The second kappa shape index (κ2) is 2.83. The van der Waals surface area contributed by atoms with E-state index < -0.39 is 0 Å². The second-order valence-electron chi connectivity index (χ2n) is 1.69. The summed E-state index contributed by atoms with van der Waals surface area (Å²) in [4.78, 5) is 3.79. The van der Waals surface area contributed by atoms with Crippen LogP contribution in [0, 0.1) is 11.3 Å². The van der Waals surface area contributed by atoms with Gasteiger partial charge in [0, 0.05) is 6.20 Å². The first kappa shape index (κ1) is 6.56. The summed E-state index contributed by atoms with van der Waals surface area (Å²) in [7, 11) is 1.51. The van der Waals surface area contributed by atoms with Gasteiger partial charge < -0.3 is 4.74 Å². The molecule has 0 saturated heterocycles. The lowest BCUT2D eigenvalue weighted by Crippen LogP contribution is -1.87. The van der Waals surface area contributed by atoms with Crippen molar-refractivity contribution in [2.24, 2.45) is 0 Å². The first-order valence-corrected chi connectivity index (χ1v) is 2.76. The summed E-state index contributed by atoms with van der Waals surface area (Å²) < 4.78 is 4.85. The van der Waals surface area contributed by atoms with Gasteiger partial charge in [-0.2, -0.15) is 5.26 Å². The summed E-state index contributed by atoms with van der Waals surface area (Å²) in [6, 6.07) is 3.59. The minimum atomic E-state index is 0.512. The smallest absolute Gasteiger partial charge is 0.154 e. The third-order valence-corrected chi connectivity index (χ3v) is 1.12. The maximum atomic E-state index is 8.49. The molecule has 0 aromatic carbocycles. The number of ether oxygens (including phenoxy) is 1. The molecular weight excluding hydrogens is 128 g/mol. The lowest BCUT2D eigenvalue weighted by Gasteiger charge is -1.97. The topological polar surface area (TPSA) is 45.9 Å². The van der Waals surface area contributed by atoms with E-state index in [1.165, 1.54) is 13.3 Å². The molecule has 50 valence electrons. The molecule has 3 nitrogen and oxygen atoms in total. The highest BCUT2D eigenvalue weighted by molar-refractivity contribution is 5.39. The molecule has 1 heterocycles. The van der Waals surface area contributed by atoms with E-state index >= 15 is 0 Å². The second-order valence-corrected chi connectivity index (χ2v) is 1.69. The molecule has 1 aromatic rings. The van der Waals surface area contributed by atoms with E-state index in [0.29, 0.717) is 11.3 Å². The van der Waals surface area contributed by atoms with Crippen molar-refractivity contribution in [3.63, 3.8) is 0 Å². The monoisotopic (exact) mass is 134 g/mol. The Kier molecular flexibility index (Phi) is 1.86. The predicted molar refractivity (Wildman–Crippen MR) is 35.5 cm³/mol. The summed E-state index contributed by atoms with van der Waals surface area (Å²) in [5, 5.41) is 8.49. The van der Waals surface area contributed by atoms with Gasteiger partial charge in [0.15, 0.2) is 5.75 Å². The van der Waals surface area contributed by atoms with Crippen molar-refractivity contribution in [3.05, 3.63) is 24.0 Å². The van der Waals surface area contributed by atoms with Crippen LogP contribution in [-0.2, 0) is 0 Å². The molecule has 0 bridgehead atoms. The maximum Gasteiger partial charge on any atom is 0.154 e. The number of methoxy groups -OCH3 is 1. The molecule has 0 unspecified atom stereocenters. The molecule has 0 spiro atoms. The zero-order valence-electron chi connectivity index (χ0n) is 5.53. The highest BCUT2D eigenvalue weighted by Crippen LogP contribution is 2.12. The number of aromatic nitrogens is 1. The first-order valence-electron chi connectivity index (χ1n) is 2.76. The van der Waals surface area contributed by atoms with E-state index in [9.17, 15) is 0 Å². The number of rotatable bonds is 1. The van der Waals surface area contributed by atoms with E-state index in [1.54, 1.807) is 12.3 Å². The van der Waals surface area contributed by atoms with Crippen molar-refractivity contribution in [2.45, 2.75) is 0 Å². The number of hydrogen-bond donors (Lipinski definition) is 0. The zero-order chi connectivity index (χ0) is 7.40. The van der Waals surface area contributed by atoms with Crippen molar-refractivity contribution in [2.75, 3.05) is 7.11 Å². The molecule has 1 aromatic heterocycles. The standard InChI is InChI=1S/C7H6N2O/c1-10-7-5-9-3-2-6(7)4-8/h2-3,5H,1H3. The van der Waals surface area contributed by atoms with Gasteiger partial charge in [0.05, 0.1) is 18.9 Å². The summed E-state index contributed by atoms with van der Waals surface area (Å²) in [5.41, 5.74) is 0.512. The molecule has 1 rings (SSSR count). The predicted octanol–water partition coefficient (Wildman–Crippen LogP) is 0.962. The number of pyridine rings is 1. The van der Waals surface area contributed by atoms with Gasteiger partial charge in [-0.05, 0) is 6.07 Å². The van der Waals surface area contributed by atoms with Crippen LogP contribution in [-0.4, -0.2) is 12.1 Å². The molecule has 10 heavy (non-hydrogen) atoms. The molecule has 0 saturated carbocycles. The fourth-order valence-electron chi connectivity index (χ4n) is 0.635. The van der Waals surface area contributed by atoms with Crippen LogP contribution in [0.25, 0.3) is 0 Å². The maximum absolute atomic E-state index is 8.49. The Bertz CT molecular complexity index is 265. The lowest BCUT2D eigenvalue weighted by atomic mass is 10.3. The van der Waals surface area contributed by atoms with E-state index in [1.807, 2.05) is 6.07 Å². The van der Waals surface area contributed by atoms with Crippen LogP contribution in [0.2, 0.25) is 0 Å². The Hall–Kier alpha value is -1.56. The van der Waals surface area contributed by atoms with E-state index in [0.717, 1.165) is 0 Å². The lowest BCUT2D eigenvalue weighted by molar-refractivity contribution is 0.411. The van der Waals surface area contributed by atoms with Crippen molar-refractivity contribution < 1.29 is 4.74 Å². The van der Waals surface area contributed by atoms with Gasteiger partial charge in [-0.1, -0.05) is 0 Å². The summed E-state index contributed by atoms with van der Waals surface area (Å²) >= 11 is 0. The average molecular weight is 134 g/mol. The van der Waals surface area contributed by atoms with Crippen molar-refractivity contribution in [3.8, 4) is 11.8 Å². The third kappa shape index (κ3) is 1.06. The van der Waals surface area contributed by atoms with E-state index in [-0.39, 0.29) is 0 Å². The Morgan fingerprint density at radius 2 is 2.50 bits per heavy atom. The molecular formula is C7H6N2O. The number of hydrogen-bond acceptors (Lipinski definition) is 3. The molecule has 0 radical (unpaired) electrons. The minimum Gasteiger partial charge on any atom is -0.494 e. The fraction of sp³-hybridized carbons (Fsp3) is 0.143. The molecule has 0 aliphatic rings. The zero-order valence-corrected chi connectivity index (χ0v) is 5.53. The van der Waals surface area contributed by atoms with Crippen molar-refractivity contribution in [1.82, 2.24) is 4.98 Å². The summed E-state index contributed by atoms with van der Waals surface area (Å²) in [6.07, 6.45) is 3.07. The Morgan fingerprint density at radius 1 is 1.70 bits per heavy atom. The van der Waals surface area contributed by atoms with Crippen LogP contribution >= 0.6 is 0 Å². The van der Waals surface area contributed by atoms with Crippen LogP contribution in [0.3, 0.4) is 0 Å². The Morgan fingerprint density at radius 3 is 3.00 bits per heavy atom. The SMILES string of the molecule is COc1cnccc1C#N. The normalized spacial score (nSPS) is 8.40. The summed E-state index contributed by atoms with van der Waals surface area (Å²) in [6.45, 7) is 0. The third-order valence-electron chi connectivity index (χ3n) is 1.12. The van der Waals surface area contributed by atoms with Gasteiger partial charge in [-0.15, -0.1) is 0 Å². The highest BCUT2D eigenvalue weighted by Gasteiger charge is 1.97. The minimum absolute atomic E-state index is 0.512. The van der Waals surface area contributed by atoms with Crippen LogP contribution < -0.4 is 4.74 Å². The van der Waals surface area contributed by atoms with Gasteiger partial charge in [-0.3, -0.25) is 4.98 Å². The van der Waals surface area contributed by atoms with Gasteiger partial charge in [0.25, 0.3) is 0 Å². The van der Waals surface area contributed by atoms with E-state index in [2.05, 4.69) is 4.98 Å². The Balaban J connectivity index is 3.12. The first-order chi connectivity index (χ1) is 4.88. The molecule has 3 heteroatoms. The quantitative estimate of drug-likeness (QED) is 0.574. The molecule has 0 atom stereocenters. The van der Waals surface area contributed by atoms with Crippen molar-refractivity contribution >= 4 is 0 Å². The molecule has 0 aliphatic heterocycles. The molecule has 0 N–H and O–H groups in total. The number of nitrogens with zero attached hydrogens (tertiary/aromatic N) is 2. The van der Waals surface area contributed by atoms with Crippen LogP contribution in [0.15, 0.2) is 18.5 Å². The highest BCUT2D eigenvalue weighted by atomic mass is 16.5. The van der Waals surface area contributed by atoms with Crippen molar-refractivity contribution in [1.29, 1.82) is 5.26 Å². The Labute approximate surface area is 58.9 Å². The van der Waals surface area contributed by atoms with Gasteiger partial charge in [0.1, 0.15) is 6.07 Å². The fourth-order valence-corrected chi connectivity index (χ4v) is 0.635. The van der Waals surface area contributed by atoms with E-state index in [4.69, 9.17) is 10.00 Å². The summed E-state index contributed by atoms with van der Waals surface area (Å²) in [5.74, 6) is 0.519. The van der Waals surface area contributed by atoms with Gasteiger partial charge in [-0.25, -0.2) is 0 Å². The van der Waals surface area contributed by atoms with Gasteiger partial charge in [0.2, 0.25) is 0 Å².